The third kappa shape index (κ3) is 2.85. The number of para-hydroxylation sites is 1. The average molecular weight is 407 g/mol. The second kappa shape index (κ2) is 7.14. The molecule has 0 saturated heterocycles. The van der Waals surface area contributed by atoms with Crippen molar-refractivity contribution in [2.45, 2.75) is 36.3 Å². The molecular formula is C19H21NO7S. The molecular weight excluding hydrogens is 386 g/mol. The van der Waals surface area contributed by atoms with Gasteiger partial charge in [-0.3, -0.25) is 4.90 Å². The molecule has 0 spiro atoms. The highest BCUT2D eigenvalue weighted by molar-refractivity contribution is 8.01. The first-order chi connectivity index (χ1) is 13.2. The summed E-state index contributed by atoms with van der Waals surface area (Å²) in [7, 11) is 2.37. The number of thioether (sulfide) groups is 1. The van der Waals surface area contributed by atoms with Gasteiger partial charge in [0.05, 0.1) is 26.5 Å². The van der Waals surface area contributed by atoms with Gasteiger partial charge in [-0.15, -0.1) is 0 Å². The molecule has 150 valence electrons. The zero-order valence-electron chi connectivity index (χ0n) is 16.2. The van der Waals surface area contributed by atoms with Crippen LogP contribution in [0.1, 0.15) is 20.8 Å². The summed E-state index contributed by atoms with van der Waals surface area (Å²) in [5.41, 5.74) is -1.60. The van der Waals surface area contributed by atoms with Crippen molar-refractivity contribution < 1.29 is 33.3 Å². The van der Waals surface area contributed by atoms with Crippen LogP contribution in [0.25, 0.3) is 0 Å². The van der Waals surface area contributed by atoms with Crippen LogP contribution in [0.5, 0.6) is 0 Å². The van der Waals surface area contributed by atoms with Crippen LogP contribution in [0.15, 0.2) is 40.4 Å². The van der Waals surface area contributed by atoms with E-state index in [0.29, 0.717) is 5.69 Å². The van der Waals surface area contributed by atoms with E-state index in [1.54, 1.807) is 30.9 Å². The number of anilines is 1. The third-order valence-electron chi connectivity index (χ3n) is 4.58. The van der Waals surface area contributed by atoms with Crippen molar-refractivity contribution in [1.29, 1.82) is 0 Å². The Morgan fingerprint density at radius 1 is 1.11 bits per heavy atom. The lowest BCUT2D eigenvalue weighted by atomic mass is 9.90. The van der Waals surface area contributed by atoms with Crippen LogP contribution in [0.3, 0.4) is 0 Å². The van der Waals surface area contributed by atoms with Gasteiger partial charge < -0.3 is 18.9 Å². The lowest BCUT2D eigenvalue weighted by Crippen LogP contribution is -2.61. The highest BCUT2D eigenvalue weighted by Crippen LogP contribution is 2.57. The van der Waals surface area contributed by atoms with Crippen LogP contribution in [0.4, 0.5) is 5.69 Å². The van der Waals surface area contributed by atoms with Gasteiger partial charge in [0.15, 0.2) is 5.06 Å². The van der Waals surface area contributed by atoms with E-state index in [0.717, 1.165) is 12.0 Å². The molecule has 3 rings (SSSR count). The topological polar surface area (TPSA) is 91.4 Å². The number of nitrogens with zero attached hydrogens (tertiary/aromatic N) is 1. The average Bonchev–Trinajstić information content (AvgIpc) is 2.96. The molecule has 2 atom stereocenters. The van der Waals surface area contributed by atoms with Gasteiger partial charge in [0.1, 0.15) is 11.3 Å². The van der Waals surface area contributed by atoms with Gasteiger partial charge in [-0.25, -0.2) is 14.4 Å². The maximum Gasteiger partial charge on any atom is 0.355 e. The Kier molecular flexibility index (Phi) is 5.16. The number of ether oxygens (including phenoxy) is 4. The molecule has 0 aromatic heterocycles. The molecule has 2 aliphatic rings. The van der Waals surface area contributed by atoms with Crippen LogP contribution in [0.2, 0.25) is 0 Å². The predicted molar refractivity (Wildman–Crippen MR) is 100 cm³/mol. The van der Waals surface area contributed by atoms with E-state index >= 15 is 0 Å². The van der Waals surface area contributed by atoms with E-state index in [2.05, 4.69) is 0 Å². The molecule has 1 aromatic carbocycles. The van der Waals surface area contributed by atoms with Crippen LogP contribution < -0.4 is 4.90 Å². The van der Waals surface area contributed by atoms with Crippen molar-refractivity contribution in [1.82, 2.24) is 0 Å². The first kappa shape index (κ1) is 20.2. The minimum absolute atomic E-state index is 0.0770. The van der Waals surface area contributed by atoms with Crippen molar-refractivity contribution in [3.8, 4) is 0 Å². The van der Waals surface area contributed by atoms with Crippen LogP contribution in [-0.4, -0.2) is 49.4 Å². The number of rotatable bonds is 4. The monoisotopic (exact) mass is 407 g/mol. The van der Waals surface area contributed by atoms with E-state index in [1.807, 2.05) is 12.1 Å². The van der Waals surface area contributed by atoms with E-state index in [1.165, 1.54) is 25.8 Å². The minimum atomic E-state index is -1.87. The summed E-state index contributed by atoms with van der Waals surface area (Å²) in [6, 6.07) is 7.31. The molecule has 1 aromatic rings. The molecule has 2 aliphatic heterocycles. The number of methoxy groups -OCH3 is 2. The maximum atomic E-state index is 12.8. The predicted octanol–water partition coefficient (Wildman–Crippen LogP) is 2.22. The smallest absolute Gasteiger partial charge is 0.355 e. The normalized spacial score (nSPS) is 25.7. The SMILES string of the molecule is CCOC(=O)C1(C)OC2(C)Sc3ccccc3N2C(C(=O)OC)=C1C(=O)OC. The Balaban J connectivity index is 2.35. The van der Waals surface area contributed by atoms with E-state index in [-0.39, 0.29) is 17.9 Å². The van der Waals surface area contributed by atoms with Gasteiger partial charge in [-0.1, -0.05) is 23.9 Å². The molecule has 0 aliphatic carbocycles. The summed E-state index contributed by atoms with van der Waals surface area (Å²) in [6.45, 7) is 4.83. The second-order valence-corrected chi connectivity index (χ2v) is 7.77. The molecule has 28 heavy (non-hydrogen) atoms. The Labute approximate surface area is 166 Å². The summed E-state index contributed by atoms with van der Waals surface area (Å²) >= 11 is 1.32. The molecule has 0 fully saturated rings. The quantitative estimate of drug-likeness (QED) is 0.550. The molecule has 9 heteroatoms. The summed E-state index contributed by atoms with van der Waals surface area (Å²) in [4.78, 5) is 40.8. The van der Waals surface area contributed by atoms with Crippen LogP contribution in [0, 0.1) is 0 Å². The summed E-state index contributed by atoms with van der Waals surface area (Å²) < 4.78 is 21.2. The Bertz CT molecular complexity index is 883. The summed E-state index contributed by atoms with van der Waals surface area (Å²) in [5.74, 6) is -2.47. The highest BCUT2D eigenvalue weighted by Gasteiger charge is 2.61. The molecule has 2 unspecified atom stereocenters. The molecule has 0 saturated carbocycles. The van der Waals surface area contributed by atoms with E-state index < -0.39 is 28.6 Å². The second-order valence-electron chi connectivity index (χ2n) is 6.37. The number of carbonyl (C=O) groups excluding carboxylic acids is 3. The van der Waals surface area contributed by atoms with Crippen molar-refractivity contribution in [3.63, 3.8) is 0 Å². The third-order valence-corrected chi connectivity index (χ3v) is 5.79. The van der Waals surface area contributed by atoms with E-state index in [4.69, 9.17) is 18.9 Å². The number of carbonyl (C=O) groups is 3. The summed E-state index contributed by atoms with van der Waals surface area (Å²) in [5, 5.41) is -1.19. The Morgan fingerprint density at radius 2 is 1.75 bits per heavy atom. The van der Waals surface area contributed by atoms with Gasteiger partial charge >= 0.3 is 17.9 Å². The fourth-order valence-corrected chi connectivity index (χ4v) is 4.76. The fraction of sp³-hybridized carbons (Fsp3) is 0.421. The van der Waals surface area contributed by atoms with Crippen LogP contribution >= 0.6 is 11.8 Å². The zero-order valence-corrected chi connectivity index (χ0v) is 17.0. The molecule has 8 nitrogen and oxygen atoms in total. The minimum Gasteiger partial charge on any atom is -0.466 e. The Hall–Kier alpha value is -2.52. The lowest BCUT2D eigenvalue weighted by molar-refractivity contribution is -0.178. The maximum absolute atomic E-state index is 12.8. The molecule has 0 N–H and O–H groups in total. The number of fused-ring (bicyclic) bond motifs is 3. The molecule has 0 bridgehead atoms. The largest absolute Gasteiger partial charge is 0.466 e. The molecule has 0 amide bonds. The van der Waals surface area contributed by atoms with Gasteiger partial charge in [0.2, 0.25) is 5.60 Å². The van der Waals surface area contributed by atoms with E-state index in [9.17, 15) is 14.4 Å². The zero-order chi connectivity index (χ0) is 20.7. The number of hydrogen-bond acceptors (Lipinski definition) is 9. The van der Waals surface area contributed by atoms with Crippen molar-refractivity contribution in [2.24, 2.45) is 0 Å². The first-order valence-corrected chi connectivity index (χ1v) is 9.42. The number of hydrogen-bond donors (Lipinski definition) is 0. The van der Waals surface area contributed by atoms with Crippen molar-refractivity contribution >= 4 is 35.4 Å². The number of esters is 3. The lowest BCUT2D eigenvalue weighted by Gasteiger charge is -2.47. The fourth-order valence-electron chi connectivity index (χ4n) is 3.45. The highest BCUT2D eigenvalue weighted by atomic mass is 32.2. The van der Waals surface area contributed by atoms with Crippen LogP contribution in [-0.2, 0) is 33.3 Å². The molecule has 0 radical (unpaired) electrons. The molecule has 2 heterocycles. The Morgan fingerprint density at radius 3 is 2.36 bits per heavy atom. The van der Waals surface area contributed by atoms with Gasteiger partial charge in [-0.05, 0) is 32.9 Å². The van der Waals surface area contributed by atoms with Gasteiger partial charge in [0.25, 0.3) is 0 Å². The summed E-state index contributed by atoms with van der Waals surface area (Å²) in [6.07, 6.45) is 0. The van der Waals surface area contributed by atoms with Crippen molar-refractivity contribution in [2.75, 3.05) is 25.7 Å². The number of benzene rings is 1. The van der Waals surface area contributed by atoms with Gasteiger partial charge in [0, 0.05) is 4.90 Å². The van der Waals surface area contributed by atoms with Crippen molar-refractivity contribution in [3.05, 3.63) is 35.5 Å². The first-order valence-electron chi connectivity index (χ1n) is 8.60. The van der Waals surface area contributed by atoms with Gasteiger partial charge in [-0.2, -0.15) is 0 Å². The standard InChI is InChI=1S/C19H21NO7S/c1-6-26-17(23)18(2)13(15(21)24-4)14(16(22)25-5)20-11-9-7-8-10-12(11)28-19(20,3)27-18/h7-10H,6H2,1-5H3.